The molecule has 2 aliphatic rings. The summed E-state index contributed by atoms with van der Waals surface area (Å²) in [6.45, 7) is 7.69. The fourth-order valence-electron chi connectivity index (χ4n) is 3.70. The van der Waals surface area contributed by atoms with Gasteiger partial charge in [-0.2, -0.15) is 0 Å². The summed E-state index contributed by atoms with van der Waals surface area (Å²) < 4.78 is 5.65. The highest BCUT2D eigenvalue weighted by Crippen LogP contribution is 2.26. The van der Waals surface area contributed by atoms with E-state index in [0.29, 0.717) is 31.8 Å². The summed E-state index contributed by atoms with van der Waals surface area (Å²) >= 11 is 0. The highest BCUT2D eigenvalue weighted by Gasteiger charge is 2.22. The second-order valence-electron chi connectivity index (χ2n) is 7.78. The molecular formula is C21H30N2O3. The van der Waals surface area contributed by atoms with Gasteiger partial charge in [0.05, 0.1) is 13.0 Å². The molecule has 5 heteroatoms. The first-order valence-electron chi connectivity index (χ1n) is 9.83. The average molecular weight is 358 g/mol. The van der Waals surface area contributed by atoms with Gasteiger partial charge in [0.1, 0.15) is 5.75 Å². The minimum absolute atomic E-state index is 0.153. The zero-order chi connectivity index (χ0) is 18.5. The normalized spacial score (nSPS) is 17.5. The molecule has 2 aliphatic heterocycles. The van der Waals surface area contributed by atoms with Crippen molar-refractivity contribution in [3.63, 3.8) is 0 Å². The van der Waals surface area contributed by atoms with E-state index < -0.39 is 0 Å². The quantitative estimate of drug-likeness (QED) is 0.831. The van der Waals surface area contributed by atoms with Crippen molar-refractivity contribution in [1.82, 2.24) is 9.80 Å². The molecule has 1 aromatic carbocycles. The number of fused-ring (bicyclic) bond motifs is 1. The van der Waals surface area contributed by atoms with Gasteiger partial charge < -0.3 is 14.5 Å². The predicted molar refractivity (Wildman–Crippen MR) is 101 cm³/mol. The van der Waals surface area contributed by atoms with E-state index in [2.05, 4.69) is 19.9 Å². The summed E-state index contributed by atoms with van der Waals surface area (Å²) in [5.41, 5.74) is 2.26. The smallest absolute Gasteiger partial charge is 0.227 e. The first kappa shape index (κ1) is 18.7. The summed E-state index contributed by atoms with van der Waals surface area (Å²) in [5.74, 6) is 1.70. The number of aryl methyl sites for hydroxylation is 1. The molecule has 0 atom stereocenters. The fourth-order valence-corrected chi connectivity index (χ4v) is 3.70. The van der Waals surface area contributed by atoms with Crippen molar-refractivity contribution in [1.29, 1.82) is 0 Å². The highest BCUT2D eigenvalue weighted by atomic mass is 16.5. The van der Waals surface area contributed by atoms with Crippen LogP contribution in [0.3, 0.4) is 0 Å². The third kappa shape index (κ3) is 4.77. The number of benzene rings is 1. The molecule has 0 spiro atoms. The Morgan fingerprint density at radius 3 is 2.50 bits per heavy atom. The van der Waals surface area contributed by atoms with Gasteiger partial charge in [0, 0.05) is 32.6 Å². The molecule has 5 nitrogen and oxygen atoms in total. The van der Waals surface area contributed by atoms with Crippen LogP contribution < -0.4 is 4.74 Å². The molecule has 0 radical (unpaired) electrons. The SMILES string of the molecule is CC(C)CC(=O)N1CCCN(C(=O)Cc2ccc3c(c2)CCCO3)CC1. The molecule has 0 N–H and O–H groups in total. The molecular weight excluding hydrogens is 328 g/mol. The van der Waals surface area contributed by atoms with Crippen LogP contribution in [0.15, 0.2) is 18.2 Å². The maximum absolute atomic E-state index is 12.7. The predicted octanol–water partition coefficient (Wildman–Crippen LogP) is 2.66. The van der Waals surface area contributed by atoms with Crippen molar-refractivity contribution in [3.8, 4) is 5.75 Å². The van der Waals surface area contributed by atoms with Crippen molar-refractivity contribution in [2.24, 2.45) is 5.92 Å². The molecule has 26 heavy (non-hydrogen) atoms. The van der Waals surface area contributed by atoms with E-state index in [4.69, 9.17) is 4.74 Å². The van der Waals surface area contributed by atoms with Crippen LogP contribution in [0.2, 0.25) is 0 Å². The van der Waals surface area contributed by atoms with Crippen LogP contribution in [0.4, 0.5) is 0 Å². The molecule has 2 amide bonds. The monoisotopic (exact) mass is 358 g/mol. The lowest BCUT2D eigenvalue weighted by Gasteiger charge is -2.23. The van der Waals surface area contributed by atoms with Gasteiger partial charge in [0.2, 0.25) is 11.8 Å². The van der Waals surface area contributed by atoms with E-state index >= 15 is 0 Å². The Morgan fingerprint density at radius 2 is 1.77 bits per heavy atom. The Morgan fingerprint density at radius 1 is 1.04 bits per heavy atom. The Hall–Kier alpha value is -2.04. The zero-order valence-electron chi connectivity index (χ0n) is 16.0. The van der Waals surface area contributed by atoms with Gasteiger partial charge in [-0.25, -0.2) is 0 Å². The lowest BCUT2D eigenvalue weighted by molar-refractivity contribution is -0.133. The lowest BCUT2D eigenvalue weighted by Crippen LogP contribution is -2.38. The summed E-state index contributed by atoms with van der Waals surface area (Å²) in [4.78, 5) is 28.8. The number of carbonyl (C=O) groups excluding carboxylic acids is 2. The first-order valence-corrected chi connectivity index (χ1v) is 9.83. The topological polar surface area (TPSA) is 49.9 Å². The van der Waals surface area contributed by atoms with E-state index in [1.165, 1.54) is 5.56 Å². The number of nitrogens with zero attached hydrogens (tertiary/aromatic N) is 2. The van der Waals surface area contributed by atoms with E-state index in [0.717, 1.165) is 50.3 Å². The second kappa shape index (κ2) is 8.56. The standard InChI is InChI=1S/C21H30N2O3/c1-16(2)13-20(24)22-8-4-9-23(11-10-22)21(25)15-17-6-7-19-18(14-17)5-3-12-26-19/h6-7,14,16H,3-5,8-13,15H2,1-2H3. The average Bonchev–Trinajstić information content (AvgIpc) is 2.87. The molecule has 0 saturated carbocycles. The molecule has 1 saturated heterocycles. The number of carbonyl (C=O) groups is 2. The van der Waals surface area contributed by atoms with Crippen LogP contribution in [0, 0.1) is 5.92 Å². The van der Waals surface area contributed by atoms with Crippen LogP contribution in [-0.2, 0) is 22.4 Å². The number of rotatable bonds is 4. The Labute approximate surface area is 156 Å². The lowest BCUT2D eigenvalue weighted by atomic mass is 10.0. The fraction of sp³-hybridized carbons (Fsp3) is 0.619. The van der Waals surface area contributed by atoms with Gasteiger partial charge >= 0.3 is 0 Å². The molecule has 1 aromatic rings. The number of hydrogen-bond donors (Lipinski definition) is 0. The van der Waals surface area contributed by atoms with Gasteiger partial charge in [0.15, 0.2) is 0 Å². The minimum Gasteiger partial charge on any atom is -0.493 e. The summed E-state index contributed by atoms with van der Waals surface area (Å²) in [6, 6.07) is 6.10. The highest BCUT2D eigenvalue weighted by molar-refractivity contribution is 5.79. The molecule has 1 fully saturated rings. The largest absolute Gasteiger partial charge is 0.493 e. The van der Waals surface area contributed by atoms with Crippen LogP contribution in [0.5, 0.6) is 5.75 Å². The van der Waals surface area contributed by atoms with Crippen LogP contribution in [0.25, 0.3) is 0 Å². The number of hydrogen-bond acceptors (Lipinski definition) is 3. The Kier molecular flexibility index (Phi) is 6.17. The van der Waals surface area contributed by atoms with Crippen molar-refractivity contribution < 1.29 is 14.3 Å². The Balaban J connectivity index is 1.56. The number of ether oxygens (including phenoxy) is 1. The van der Waals surface area contributed by atoms with Crippen molar-refractivity contribution >= 4 is 11.8 Å². The minimum atomic E-state index is 0.153. The molecule has 0 unspecified atom stereocenters. The number of amides is 2. The first-order chi connectivity index (χ1) is 12.5. The van der Waals surface area contributed by atoms with Crippen LogP contribution in [0.1, 0.15) is 44.2 Å². The third-order valence-corrected chi connectivity index (χ3v) is 5.11. The molecule has 0 aliphatic carbocycles. The molecule has 142 valence electrons. The molecule has 3 rings (SSSR count). The van der Waals surface area contributed by atoms with Crippen LogP contribution >= 0.6 is 0 Å². The molecule has 0 aromatic heterocycles. The third-order valence-electron chi connectivity index (χ3n) is 5.11. The maximum atomic E-state index is 12.7. The van der Waals surface area contributed by atoms with E-state index in [9.17, 15) is 9.59 Å². The van der Waals surface area contributed by atoms with Crippen molar-refractivity contribution in [3.05, 3.63) is 29.3 Å². The summed E-state index contributed by atoms with van der Waals surface area (Å²) in [5, 5.41) is 0. The summed E-state index contributed by atoms with van der Waals surface area (Å²) in [7, 11) is 0. The van der Waals surface area contributed by atoms with Crippen molar-refractivity contribution in [2.75, 3.05) is 32.8 Å². The summed E-state index contributed by atoms with van der Waals surface area (Å²) in [6.07, 6.45) is 3.93. The van der Waals surface area contributed by atoms with Crippen molar-refractivity contribution in [2.45, 2.75) is 46.0 Å². The molecule has 2 heterocycles. The second-order valence-corrected chi connectivity index (χ2v) is 7.78. The zero-order valence-corrected chi connectivity index (χ0v) is 16.0. The van der Waals surface area contributed by atoms with Gasteiger partial charge in [-0.1, -0.05) is 26.0 Å². The Bertz CT molecular complexity index is 657. The maximum Gasteiger partial charge on any atom is 0.227 e. The van der Waals surface area contributed by atoms with Gasteiger partial charge in [0.25, 0.3) is 0 Å². The van der Waals surface area contributed by atoms with E-state index in [-0.39, 0.29) is 11.8 Å². The van der Waals surface area contributed by atoms with Gasteiger partial charge in [-0.3, -0.25) is 9.59 Å². The van der Waals surface area contributed by atoms with Gasteiger partial charge in [-0.05, 0) is 42.4 Å². The van der Waals surface area contributed by atoms with Crippen LogP contribution in [-0.4, -0.2) is 54.4 Å². The molecule has 0 bridgehead atoms. The van der Waals surface area contributed by atoms with E-state index in [1.54, 1.807) is 0 Å². The van der Waals surface area contributed by atoms with Gasteiger partial charge in [-0.15, -0.1) is 0 Å². The van der Waals surface area contributed by atoms with E-state index in [1.807, 2.05) is 21.9 Å².